The van der Waals surface area contributed by atoms with Gasteiger partial charge >= 0.3 is 6.03 Å². The van der Waals surface area contributed by atoms with Crippen molar-refractivity contribution in [3.63, 3.8) is 0 Å². The number of carbonyl (C=O) groups is 1. The fourth-order valence-corrected chi connectivity index (χ4v) is 4.43. The van der Waals surface area contributed by atoms with Crippen LogP contribution in [0.3, 0.4) is 0 Å². The maximum absolute atomic E-state index is 13.3. The molecule has 0 unspecified atom stereocenters. The lowest BCUT2D eigenvalue weighted by Gasteiger charge is -2.29. The van der Waals surface area contributed by atoms with E-state index >= 15 is 0 Å². The van der Waals surface area contributed by atoms with E-state index in [-0.39, 0.29) is 24.2 Å². The van der Waals surface area contributed by atoms with Crippen LogP contribution in [-0.2, 0) is 13.1 Å². The lowest BCUT2D eigenvalue weighted by atomic mass is 9.96. The van der Waals surface area contributed by atoms with Gasteiger partial charge in [0.2, 0.25) is 0 Å². The van der Waals surface area contributed by atoms with Crippen molar-refractivity contribution >= 4 is 16.9 Å². The van der Waals surface area contributed by atoms with Crippen LogP contribution in [0.1, 0.15) is 43.2 Å². The number of hydrogen-bond donors (Lipinski definition) is 2. The van der Waals surface area contributed by atoms with Crippen molar-refractivity contribution in [2.24, 2.45) is 0 Å². The molecule has 0 spiro atoms. The summed E-state index contributed by atoms with van der Waals surface area (Å²) >= 11 is 0. The topological polar surface area (TPSA) is 83.7 Å². The summed E-state index contributed by atoms with van der Waals surface area (Å²) in [4.78, 5) is 30.8. The van der Waals surface area contributed by atoms with Crippen molar-refractivity contribution in [1.82, 2.24) is 15.2 Å². The van der Waals surface area contributed by atoms with E-state index in [1.54, 1.807) is 25.2 Å². The summed E-state index contributed by atoms with van der Waals surface area (Å²) in [6, 6.07) is 15.0. The van der Waals surface area contributed by atoms with Crippen LogP contribution in [0.15, 0.2) is 53.3 Å². The molecule has 0 atom stereocenters. The van der Waals surface area contributed by atoms with Crippen molar-refractivity contribution in [3.05, 3.63) is 70.0 Å². The molecule has 7 heteroatoms. The van der Waals surface area contributed by atoms with E-state index in [2.05, 4.69) is 10.3 Å². The number of methoxy groups -OCH3 is 2. The first-order valence-corrected chi connectivity index (χ1v) is 11.4. The van der Waals surface area contributed by atoms with E-state index in [1.807, 2.05) is 42.5 Å². The van der Waals surface area contributed by atoms with Crippen LogP contribution in [0.2, 0.25) is 0 Å². The maximum Gasteiger partial charge on any atom is 0.318 e. The van der Waals surface area contributed by atoms with Gasteiger partial charge in [0, 0.05) is 23.2 Å². The number of nitrogens with one attached hydrogen (secondary N) is 2. The van der Waals surface area contributed by atoms with E-state index in [0.29, 0.717) is 29.1 Å². The smallest absolute Gasteiger partial charge is 0.318 e. The standard InChI is InChI=1S/C26H31N3O4/c1-32-22-13-12-18-14-20(25(30)28-23(18)15-22)17-29(16-19-8-6-7-11-24(19)33-2)26(31)27-21-9-4-3-5-10-21/h6-8,11-15,21H,3-5,9-10,16-17H2,1-2H3,(H,27,31)(H,28,30). The van der Waals surface area contributed by atoms with Crippen molar-refractivity contribution < 1.29 is 14.3 Å². The third-order valence-electron chi connectivity index (χ3n) is 6.26. The van der Waals surface area contributed by atoms with E-state index in [0.717, 1.165) is 36.6 Å². The molecule has 2 amide bonds. The average molecular weight is 450 g/mol. The highest BCUT2D eigenvalue weighted by molar-refractivity contribution is 5.80. The number of amides is 2. The number of urea groups is 1. The highest BCUT2D eigenvalue weighted by Crippen LogP contribution is 2.23. The van der Waals surface area contributed by atoms with Gasteiger partial charge in [0.15, 0.2) is 0 Å². The minimum atomic E-state index is -0.216. The number of ether oxygens (including phenoxy) is 2. The Morgan fingerprint density at radius 3 is 2.52 bits per heavy atom. The number of benzene rings is 2. The Morgan fingerprint density at radius 1 is 1.00 bits per heavy atom. The third kappa shape index (κ3) is 5.48. The number of rotatable bonds is 7. The highest BCUT2D eigenvalue weighted by atomic mass is 16.5. The second-order valence-electron chi connectivity index (χ2n) is 8.53. The number of hydrogen-bond acceptors (Lipinski definition) is 4. The Hall–Kier alpha value is -3.48. The predicted molar refractivity (Wildman–Crippen MR) is 129 cm³/mol. The summed E-state index contributed by atoms with van der Waals surface area (Å²) in [5.41, 5.74) is 1.90. The Bertz CT molecular complexity index is 1170. The zero-order valence-electron chi connectivity index (χ0n) is 19.2. The molecule has 3 aromatic rings. The summed E-state index contributed by atoms with van der Waals surface area (Å²) in [5.74, 6) is 1.39. The number of para-hydroxylation sites is 1. The van der Waals surface area contributed by atoms with Crippen LogP contribution in [0, 0.1) is 0 Å². The number of aromatic nitrogens is 1. The summed E-state index contributed by atoms with van der Waals surface area (Å²) in [7, 11) is 3.21. The molecule has 0 saturated heterocycles. The van der Waals surface area contributed by atoms with Crippen molar-refractivity contribution in [2.75, 3.05) is 14.2 Å². The highest BCUT2D eigenvalue weighted by Gasteiger charge is 2.22. The van der Waals surface area contributed by atoms with Gasteiger partial charge in [0.1, 0.15) is 11.5 Å². The number of aromatic amines is 1. The lowest BCUT2D eigenvalue weighted by molar-refractivity contribution is 0.183. The second kappa shape index (κ2) is 10.4. The fourth-order valence-electron chi connectivity index (χ4n) is 4.43. The zero-order valence-corrected chi connectivity index (χ0v) is 19.2. The number of nitrogens with zero attached hydrogens (tertiary/aromatic N) is 1. The van der Waals surface area contributed by atoms with E-state index in [4.69, 9.17) is 9.47 Å². The number of fused-ring (bicyclic) bond motifs is 1. The van der Waals surface area contributed by atoms with E-state index in [9.17, 15) is 9.59 Å². The van der Waals surface area contributed by atoms with Gasteiger partial charge in [-0.2, -0.15) is 0 Å². The van der Waals surface area contributed by atoms with Gasteiger partial charge in [-0.05, 0) is 42.5 Å². The average Bonchev–Trinajstić information content (AvgIpc) is 2.84. The Morgan fingerprint density at radius 2 is 1.76 bits per heavy atom. The zero-order chi connectivity index (χ0) is 23.2. The summed E-state index contributed by atoms with van der Waals surface area (Å²) in [5, 5.41) is 4.07. The largest absolute Gasteiger partial charge is 0.497 e. The van der Waals surface area contributed by atoms with E-state index < -0.39 is 0 Å². The molecule has 0 aliphatic heterocycles. The van der Waals surface area contributed by atoms with Crippen LogP contribution in [0.4, 0.5) is 4.79 Å². The molecule has 2 N–H and O–H groups in total. The normalized spacial score (nSPS) is 14.1. The van der Waals surface area contributed by atoms with Gasteiger partial charge in [-0.15, -0.1) is 0 Å². The Balaban J connectivity index is 1.62. The van der Waals surface area contributed by atoms with Gasteiger partial charge in [-0.1, -0.05) is 37.5 Å². The van der Waals surface area contributed by atoms with Gasteiger partial charge in [-0.25, -0.2) is 4.79 Å². The number of H-pyrrole nitrogens is 1. The van der Waals surface area contributed by atoms with Crippen LogP contribution < -0.4 is 20.3 Å². The molecule has 1 aromatic heterocycles. The van der Waals surface area contributed by atoms with Crippen LogP contribution >= 0.6 is 0 Å². The number of pyridine rings is 1. The minimum absolute atomic E-state index is 0.165. The molecule has 0 radical (unpaired) electrons. The first-order chi connectivity index (χ1) is 16.1. The summed E-state index contributed by atoms with van der Waals surface area (Å²) in [6.07, 6.45) is 5.46. The Kier molecular flexibility index (Phi) is 7.17. The Labute approximate surface area is 193 Å². The number of carbonyl (C=O) groups excluding carboxylic acids is 1. The third-order valence-corrected chi connectivity index (χ3v) is 6.26. The minimum Gasteiger partial charge on any atom is -0.497 e. The molecule has 0 bridgehead atoms. The maximum atomic E-state index is 13.3. The van der Waals surface area contributed by atoms with Crippen molar-refractivity contribution in [1.29, 1.82) is 0 Å². The SMILES string of the molecule is COc1ccc2cc(CN(Cc3ccccc3OC)C(=O)NC3CCCCC3)c(=O)[nH]c2c1. The summed E-state index contributed by atoms with van der Waals surface area (Å²) in [6.45, 7) is 0.524. The lowest BCUT2D eigenvalue weighted by Crippen LogP contribution is -2.45. The van der Waals surface area contributed by atoms with E-state index in [1.165, 1.54) is 6.42 Å². The second-order valence-corrected chi connectivity index (χ2v) is 8.53. The molecule has 1 aliphatic rings. The molecule has 7 nitrogen and oxygen atoms in total. The molecule has 1 heterocycles. The monoisotopic (exact) mass is 449 g/mol. The predicted octanol–water partition coefficient (Wildman–Crippen LogP) is 4.59. The van der Waals surface area contributed by atoms with Gasteiger partial charge in [-0.3, -0.25) is 4.79 Å². The molecule has 2 aromatic carbocycles. The molecule has 1 saturated carbocycles. The quantitative estimate of drug-likeness (QED) is 0.553. The molecular formula is C26H31N3O4. The summed E-state index contributed by atoms with van der Waals surface area (Å²) < 4.78 is 10.7. The molecule has 33 heavy (non-hydrogen) atoms. The molecule has 174 valence electrons. The van der Waals surface area contributed by atoms with Crippen molar-refractivity contribution in [2.45, 2.75) is 51.2 Å². The molecule has 1 aliphatic carbocycles. The first kappa shape index (κ1) is 22.7. The molecule has 1 fully saturated rings. The molecule has 4 rings (SSSR count). The van der Waals surface area contributed by atoms with Gasteiger partial charge < -0.3 is 24.7 Å². The van der Waals surface area contributed by atoms with Crippen molar-refractivity contribution in [3.8, 4) is 11.5 Å². The molecular weight excluding hydrogens is 418 g/mol. The van der Waals surface area contributed by atoms with Crippen LogP contribution in [-0.4, -0.2) is 36.2 Å². The fraction of sp³-hybridized carbons (Fsp3) is 0.385. The van der Waals surface area contributed by atoms with Gasteiger partial charge in [0.05, 0.1) is 32.8 Å². The van der Waals surface area contributed by atoms with Gasteiger partial charge in [0.25, 0.3) is 5.56 Å². The van der Waals surface area contributed by atoms with Crippen LogP contribution in [0.25, 0.3) is 10.9 Å². The van der Waals surface area contributed by atoms with Crippen LogP contribution in [0.5, 0.6) is 11.5 Å². The first-order valence-electron chi connectivity index (χ1n) is 11.4.